The predicted octanol–water partition coefficient (Wildman–Crippen LogP) is 3.17. The Bertz CT molecular complexity index is 493. The van der Waals surface area contributed by atoms with E-state index in [0.717, 1.165) is 25.8 Å². The number of benzene rings is 1. The summed E-state index contributed by atoms with van der Waals surface area (Å²) < 4.78 is 6.56. The second-order valence-electron chi connectivity index (χ2n) is 5.83. The Hall–Kier alpha value is -0.820. The molecule has 1 aromatic carbocycles. The maximum absolute atomic E-state index is 12.3. The minimum atomic E-state index is -0.240. The van der Waals surface area contributed by atoms with Crippen molar-refractivity contribution in [3.05, 3.63) is 33.4 Å². The summed E-state index contributed by atoms with van der Waals surface area (Å²) in [5.41, 5.74) is 7.49. The zero-order valence-electron chi connectivity index (χ0n) is 12.6. The molecule has 116 valence electrons. The van der Waals surface area contributed by atoms with E-state index in [2.05, 4.69) is 40.8 Å². The molecule has 2 atom stereocenters. The number of piperidine rings is 1. The van der Waals surface area contributed by atoms with Gasteiger partial charge in [0, 0.05) is 16.2 Å². The van der Waals surface area contributed by atoms with Gasteiger partial charge < -0.3 is 15.4 Å². The molecule has 5 heteroatoms. The van der Waals surface area contributed by atoms with Crippen LogP contribution in [0.25, 0.3) is 0 Å². The van der Waals surface area contributed by atoms with Gasteiger partial charge >= 0.3 is 6.09 Å². The molecule has 0 saturated carbocycles. The van der Waals surface area contributed by atoms with Crippen LogP contribution in [0.15, 0.2) is 24.3 Å². The lowest BCUT2D eigenvalue weighted by Gasteiger charge is -2.39. The maximum Gasteiger partial charge on any atom is 0.410 e. The molecule has 0 radical (unpaired) electrons. The number of nitrogens with two attached hydrogens (primary N) is 1. The van der Waals surface area contributed by atoms with Crippen molar-refractivity contribution in [2.45, 2.75) is 51.3 Å². The van der Waals surface area contributed by atoms with Crippen LogP contribution < -0.4 is 5.73 Å². The number of likely N-dealkylation sites (tertiary alicyclic amines) is 1. The Morgan fingerprint density at radius 1 is 1.52 bits per heavy atom. The summed E-state index contributed by atoms with van der Waals surface area (Å²) >= 11 is 2.30. The van der Waals surface area contributed by atoms with Crippen LogP contribution in [0, 0.1) is 3.57 Å². The number of hydrogen-bond donors (Lipinski definition) is 1. The average molecular weight is 402 g/mol. The van der Waals surface area contributed by atoms with Gasteiger partial charge in [0.2, 0.25) is 0 Å². The van der Waals surface area contributed by atoms with Gasteiger partial charge in [0.25, 0.3) is 0 Å². The second-order valence-corrected chi connectivity index (χ2v) is 7.08. The molecule has 0 aliphatic carbocycles. The van der Waals surface area contributed by atoms with Crippen LogP contribution >= 0.6 is 22.6 Å². The van der Waals surface area contributed by atoms with Crippen LogP contribution in [0.1, 0.15) is 32.3 Å². The fraction of sp³-hybridized carbons (Fsp3) is 0.562. The molecular weight excluding hydrogens is 379 g/mol. The number of ether oxygens (including phenoxy) is 1. The van der Waals surface area contributed by atoms with Crippen LogP contribution in [0.3, 0.4) is 0 Å². The van der Waals surface area contributed by atoms with E-state index >= 15 is 0 Å². The van der Waals surface area contributed by atoms with Crippen LogP contribution in [-0.4, -0.2) is 35.7 Å². The van der Waals surface area contributed by atoms with Crippen LogP contribution in [0.5, 0.6) is 0 Å². The molecule has 2 rings (SSSR count). The second kappa shape index (κ2) is 7.45. The first-order valence-corrected chi connectivity index (χ1v) is 8.52. The minimum absolute atomic E-state index is 0.0105. The van der Waals surface area contributed by atoms with Gasteiger partial charge in [0.05, 0.1) is 12.1 Å². The molecule has 0 aromatic heterocycles. The van der Waals surface area contributed by atoms with Crippen molar-refractivity contribution >= 4 is 28.7 Å². The number of hydrogen-bond acceptors (Lipinski definition) is 3. The molecule has 1 aliphatic heterocycles. The first-order chi connectivity index (χ1) is 9.97. The van der Waals surface area contributed by atoms with Crippen LogP contribution in [0.4, 0.5) is 4.79 Å². The Morgan fingerprint density at radius 3 is 2.95 bits per heavy atom. The lowest BCUT2D eigenvalue weighted by Crippen LogP contribution is -2.55. The Kier molecular flexibility index (Phi) is 5.87. The first kappa shape index (κ1) is 16.5. The maximum atomic E-state index is 12.3. The zero-order valence-corrected chi connectivity index (χ0v) is 14.7. The van der Waals surface area contributed by atoms with Crippen LogP contribution in [0.2, 0.25) is 0 Å². The summed E-state index contributed by atoms with van der Waals surface area (Å²) in [6.45, 7) is 4.47. The summed E-state index contributed by atoms with van der Waals surface area (Å²) in [6.07, 6.45) is 2.34. The van der Waals surface area contributed by atoms with Crippen molar-refractivity contribution in [1.82, 2.24) is 4.90 Å². The molecule has 2 N–H and O–H groups in total. The fourth-order valence-electron chi connectivity index (χ4n) is 2.75. The third-order valence-electron chi connectivity index (χ3n) is 3.74. The Labute approximate surface area is 140 Å². The lowest BCUT2D eigenvalue weighted by molar-refractivity contribution is 0.0479. The smallest absolute Gasteiger partial charge is 0.410 e. The van der Waals surface area contributed by atoms with E-state index in [4.69, 9.17) is 10.5 Å². The number of nitrogens with zero attached hydrogens (tertiary/aromatic N) is 1. The number of amides is 1. The third-order valence-corrected chi connectivity index (χ3v) is 4.41. The Balaban J connectivity index is 2.13. The van der Waals surface area contributed by atoms with Crippen molar-refractivity contribution in [2.75, 3.05) is 6.54 Å². The first-order valence-electron chi connectivity index (χ1n) is 7.44. The monoisotopic (exact) mass is 402 g/mol. The highest BCUT2D eigenvalue weighted by Crippen LogP contribution is 2.22. The summed E-state index contributed by atoms with van der Waals surface area (Å²) in [5, 5.41) is 0. The van der Waals surface area contributed by atoms with E-state index in [1.54, 1.807) is 0 Å². The van der Waals surface area contributed by atoms with Gasteiger partial charge in [-0.2, -0.15) is 0 Å². The number of rotatable bonds is 3. The molecule has 2 unspecified atom stereocenters. The van der Waals surface area contributed by atoms with Gasteiger partial charge in [-0.3, -0.25) is 0 Å². The zero-order chi connectivity index (χ0) is 15.4. The lowest BCUT2D eigenvalue weighted by atomic mass is 9.92. The average Bonchev–Trinajstić information content (AvgIpc) is 2.40. The van der Waals surface area contributed by atoms with E-state index in [-0.39, 0.29) is 24.3 Å². The van der Waals surface area contributed by atoms with Gasteiger partial charge in [-0.15, -0.1) is 0 Å². The summed E-state index contributed by atoms with van der Waals surface area (Å²) in [5.74, 6) is 0. The topological polar surface area (TPSA) is 55.6 Å². The summed E-state index contributed by atoms with van der Waals surface area (Å²) in [4.78, 5) is 14.1. The standard InChI is InChI=1S/C16H23IN2O2/c1-11(2)21-16(20)19-8-4-7-14(18)15(19)10-12-5-3-6-13(17)9-12/h3,5-6,9,11,14-15H,4,7-8,10,18H2,1-2H3. The van der Waals surface area contributed by atoms with Gasteiger partial charge in [0.1, 0.15) is 0 Å². The molecule has 1 heterocycles. The van der Waals surface area contributed by atoms with Crippen molar-refractivity contribution < 1.29 is 9.53 Å². The summed E-state index contributed by atoms with van der Waals surface area (Å²) in [7, 11) is 0. The van der Waals surface area contributed by atoms with E-state index in [0.29, 0.717) is 0 Å². The number of carbonyl (C=O) groups excluding carboxylic acids is 1. The quantitative estimate of drug-likeness (QED) is 0.791. The molecule has 1 aliphatic rings. The largest absolute Gasteiger partial charge is 0.447 e. The fourth-order valence-corrected chi connectivity index (χ4v) is 3.36. The highest BCUT2D eigenvalue weighted by atomic mass is 127. The highest BCUT2D eigenvalue weighted by molar-refractivity contribution is 14.1. The van der Waals surface area contributed by atoms with Crippen molar-refractivity contribution in [2.24, 2.45) is 5.73 Å². The molecular formula is C16H23IN2O2. The SMILES string of the molecule is CC(C)OC(=O)N1CCCC(N)C1Cc1cccc(I)c1. The third kappa shape index (κ3) is 4.57. The van der Waals surface area contributed by atoms with Gasteiger partial charge in [-0.1, -0.05) is 12.1 Å². The molecule has 4 nitrogen and oxygen atoms in total. The molecule has 1 fully saturated rings. The predicted molar refractivity (Wildman–Crippen MR) is 92.2 cm³/mol. The normalized spacial score (nSPS) is 22.4. The van der Waals surface area contributed by atoms with Crippen molar-refractivity contribution in [3.63, 3.8) is 0 Å². The van der Waals surface area contributed by atoms with Gasteiger partial charge in [0.15, 0.2) is 0 Å². The van der Waals surface area contributed by atoms with Gasteiger partial charge in [-0.25, -0.2) is 4.79 Å². The molecule has 0 spiro atoms. The van der Waals surface area contributed by atoms with E-state index < -0.39 is 0 Å². The van der Waals surface area contributed by atoms with Gasteiger partial charge in [-0.05, 0) is 73.4 Å². The molecule has 1 amide bonds. The molecule has 21 heavy (non-hydrogen) atoms. The Morgan fingerprint density at radius 2 is 2.29 bits per heavy atom. The number of carbonyl (C=O) groups is 1. The van der Waals surface area contributed by atoms with E-state index in [1.165, 1.54) is 9.13 Å². The molecule has 0 bridgehead atoms. The van der Waals surface area contributed by atoms with Crippen molar-refractivity contribution in [3.8, 4) is 0 Å². The van der Waals surface area contributed by atoms with E-state index in [9.17, 15) is 4.79 Å². The van der Waals surface area contributed by atoms with Crippen LogP contribution in [-0.2, 0) is 11.2 Å². The molecule has 1 saturated heterocycles. The number of halogens is 1. The molecule has 1 aromatic rings. The van der Waals surface area contributed by atoms with Crippen molar-refractivity contribution in [1.29, 1.82) is 0 Å². The van der Waals surface area contributed by atoms with E-state index in [1.807, 2.05) is 24.8 Å². The minimum Gasteiger partial charge on any atom is -0.447 e. The highest BCUT2D eigenvalue weighted by Gasteiger charge is 2.33. The summed E-state index contributed by atoms with van der Waals surface area (Å²) in [6, 6.07) is 8.38.